The molecule has 46 heavy (non-hydrogen) atoms. The third-order valence-corrected chi connectivity index (χ3v) is 7.36. The number of carbonyl (C=O) groups is 2. The minimum absolute atomic E-state index is 0.0341. The lowest BCUT2D eigenvalue weighted by Crippen LogP contribution is -2.43. The fraction of sp³-hybridized carbons (Fsp3) is 0.258. The Morgan fingerprint density at radius 3 is 2.63 bits per heavy atom. The van der Waals surface area contributed by atoms with Crippen LogP contribution in [0.5, 0.6) is 5.75 Å². The molecule has 10 N–H and O–H groups in total. The molecule has 2 aromatic carbocycles. The van der Waals surface area contributed by atoms with E-state index in [-0.39, 0.29) is 35.3 Å². The zero-order valence-electron chi connectivity index (χ0n) is 25.2. The summed E-state index contributed by atoms with van der Waals surface area (Å²) in [6.07, 6.45) is 11.7. The van der Waals surface area contributed by atoms with Gasteiger partial charge in [0, 0.05) is 30.8 Å². The first-order valence-corrected chi connectivity index (χ1v) is 14.3. The number of hydrogen-bond acceptors (Lipinski definition) is 13. The van der Waals surface area contributed by atoms with Crippen molar-refractivity contribution in [2.45, 2.75) is 38.9 Å². The van der Waals surface area contributed by atoms with Crippen molar-refractivity contribution in [2.24, 2.45) is 22.6 Å². The molecule has 0 saturated heterocycles. The third kappa shape index (κ3) is 7.88. The molecule has 5 rings (SSSR count). The summed E-state index contributed by atoms with van der Waals surface area (Å²) in [4.78, 5) is 59.5. The lowest BCUT2D eigenvalue weighted by Gasteiger charge is -2.24. The Hall–Kier alpha value is -5.67. The fourth-order valence-electron chi connectivity index (χ4n) is 5.05. The average molecular weight is 629 g/mol. The maximum atomic E-state index is 13.0. The minimum atomic E-state index is -0.669. The van der Waals surface area contributed by atoms with Gasteiger partial charge >= 0.3 is 0 Å². The van der Waals surface area contributed by atoms with Gasteiger partial charge < -0.3 is 31.8 Å². The summed E-state index contributed by atoms with van der Waals surface area (Å²) >= 11 is 0. The number of allylic oxidation sites excluding steroid dienone is 5. The lowest BCUT2D eigenvalue weighted by molar-refractivity contribution is 0.0937. The quantitative estimate of drug-likeness (QED) is 0.0880. The van der Waals surface area contributed by atoms with Gasteiger partial charge in [-0.1, -0.05) is 35.9 Å². The Bertz CT molecular complexity index is 1790. The van der Waals surface area contributed by atoms with E-state index in [9.17, 15) is 19.2 Å². The lowest BCUT2D eigenvalue weighted by atomic mass is 10.1. The van der Waals surface area contributed by atoms with Crippen molar-refractivity contribution in [3.63, 3.8) is 0 Å². The largest absolute Gasteiger partial charge is 0.491 e. The van der Waals surface area contributed by atoms with Gasteiger partial charge in [0.2, 0.25) is 0 Å². The van der Waals surface area contributed by atoms with Crippen LogP contribution in [0.4, 0.5) is 11.4 Å². The second kappa shape index (κ2) is 15.4. The van der Waals surface area contributed by atoms with Crippen molar-refractivity contribution >= 4 is 29.4 Å². The van der Waals surface area contributed by atoms with Gasteiger partial charge in [-0.25, -0.2) is 9.97 Å². The number of carbonyl (C=O) groups excluding carboxylic acids is 2. The molecule has 0 radical (unpaired) electrons. The van der Waals surface area contributed by atoms with E-state index in [1.165, 1.54) is 12.4 Å². The number of hydrazone groups is 1. The third-order valence-electron chi connectivity index (χ3n) is 7.36. The van der Waals surface area contributed by atoms with Gasteiger partial charge in [0.15, 0.2) is 0 Å². The Kier molecular flexibility index (Phi) is 11.1. The van der Waals surface area contributed by atoms with Crippen molar-refractivity contribution in [1.29, 1.82) is 0 Å². The molecule has 3 aromatic rings. The molecule has 0 fully saturated rings. The fourth-order valence-corrected chi connectivity index (χ4v) is 5.05. The van der Waals surface area contributed by atoms with Gasteiger partial charge in [0.05, 0.1) is 12.8 Å². The van der Waals surface area contributed by atoms with Crippen LogP contribution in [0.2, 0.25) is 0 Å². The molecule has 1 aromatic heterocycles. The van der Waals surface area contributed by atoms with Gasteiger partial charge in [0.1, 0.15) is 41.4 Å². The number of amides is 2. The van der Waals surface area contributed by atoms with E-state index in [0.29, 0.717) is 31.9 Å². The van der Waals surface area contributed by atoms with E-state index < -0.39 is 22.7 Å². The summed E-state index contributed by atoms with van der Waals surface area (Å²) in [6.45, 7) is 3.21. The van der Waals surface area contributed by atoms with Gasteiger partial charge in [-0.15, -0.1) is 0 Å². The number of rotatable bonds is 7. The van der Waals surface area contributed by atoms with E-state index in [1.54, 1.807) is 17.2 Å². The number of ether oxygens (including phenoxy) is 1. The summed E-state index contributed by atoms with van der Waals surface area (Å²) in [7, 11) is 0. The van der Waals surface area contributed by atoms with Crippen LogP contribution >= 0.6 is 0 Å². The van der Waals surface area contributed by atoms with Crippen LogP contribution in [-0.4, -0.2) is 47.2 Å². The number of aromatic nitrogens is 2. The Morgan fingerprint density at radius 1 is 1.13 bits per heavy atom. The molecule has 0 saturated carbocycles. The predicted molar refractivity (Wildman–Crippen MR) is 174 cm³/mol. The number of nitrogen functional groups attached to an aromatic ring is 1. The zero-order valence-corrected chi connectivity index (χ0v) is 25.2. The number of nitrogens with zero attached hydrogens (tertiary/aromatic N) is 4. The molecule has 240 valence electrons. The molecule has 1 atom stereocenters. The van der Waals surface area contributed by atoms with Crippen LogP contribution in [0.1, 0.15) is 51.9 Å². The number of fused-ring (bicyclic) bond motifs is 1. The van der Waals surface area contributed by atoms with Crippen molar-refractivity contribution in [1.82, 2.24) is 20.6 Å². The van der Waals surface area contributed by atoms with E-state index in [1.807, 2.05) is 43.4 Å². The highest BCUT2D eigenvalue weighted by molar-refractivity contribution is 5.97. The highest BCUT2D eigenvalue weighted by Gasteiger charge is 2.26. The number of hydrazine groups is 1. The molecular weight excluding hydrogens is 592 g/mol. The molecule has 1 aliphatic carbocycles. The highest BCUT2D eigenvalue weighted by atomic mass is 16.5. The Morgan fingerprint density at radius 2 is 1.89 bits per heavy atom. The van der Waals surface area contributed by atoms with Crippen molar-refractivity contribution < 1.29 is 14.3 Å². The van der Waals surface area contributed by atoms with Gasteiger partial charge in [-0.3, -0.25) is 30.9 Å². The Labute approximate surface area is 264 Å². The van der Waals surface area contributed by atoms with Crippen LogP contribution in [0, 0.1) is 0 Å². The summed E-state index contributed by atoms with van der Waals surface area (Å²) < 4.78 is 5.81. The molecule has 2 aliphatic rings. The van der Waals surface area contributed by atoms with Crippen molar-refractivity contribution in [2.75, 3.05) is 23.8 Å². The molecule has 0 spiro atoms. The van der Waals surface area contributed by atoms with E-state index in [2.05, 4.69) is 37.4 Å². The topological polar surface area (TPSA) is 247 Å². The number of nitrogens with one attached hydrogen (secondary N) is 2. The molecule has 15 heteroatoms. The first kappa shape index (κ1) is 33.2. The first-order valence-electron chi connectivity index (χ1n) is 14.3. The molecule has 2 amide bonds. The SMILES string of the molecule is C\C1=C/C(/C=N/N)=C\C=C\C(NC(=O)c2cc(C(=O)NCc3ccc4c(c3)CN(c3c(N)c(=O)c3=O)CCO4)ncn2)CC1.NN. The monoisotopic (exact) mass is 628 g/mol. The Balaban J connectivity index is 0.00000235. The molecule has 0 bridgehead atoms. The highest BCUT2D eigenvalue weighted by Crippen LogP contribution is 2.28. The molecule has 15 nitrogen and oxygen atoms in total. The summed E-state index contributed by atoms with van der Waals surface area (Å²) in [5.41, 5.74) is 8.32. The van der Waals surface area contributed by atoms with Crippen LogP contribution in [0.3, 0.4) is 0 Å². The molecule has 1 unspecified atom stereocenters. The summed E-state index contributed by atoms with van der Waals surface area (Å²) in [6, 6.07) is 6.57. The minimum Gasteiger partial charge on any atom is -0.491 e. The van der Waals surface area contributed by atoms with Crippen molar-refractivity contribution in [3.8, 4) is 5.75 Å². The van der Waals surface area contributed by atoms with E-state index in [4.69, 9.17) is 16.3 Å². The smallest absolute Gasteiger partial charge is 0.270 e. The normalized spacial score (nSPS) is 19.3. The number of anilines is 2. The van der Waals surface area contributed by atoms with Crippen molar-refractivity contribution in [3.05, 3.63) is 109 Å². The summed E-state index contributed by atoms with van der Waals surface area (Å²) in [5, 5.41) is 9.35. The maximum Gasteiger partial charge on any atom is 0.270 e. The van der Waals surface area contributed by atoms with Crippen LogP contribution in [0.15, 0.2) is 80.7 Å². The average Bonchev–Trinajstić information content (AvgIpc) is 3.23. The summed E-state index contributed by atoms with van der Waals surface area (Å²) in [5.74, 6) is 13.0. The van der Waals surface area contributed by atoms with Gasteiger partial charge in [-0.2, -0.15) is 5.10 Å². The van der Waals surface area contributed by atoms with Gasteiger partial charge in [-0.05, 0) is 43.0 Å². The van der Waals surface area contributed by atoms with Crippen LogP contribution < -0.4 is 54.4 Å². The first-order chi connectivity index (χ1) is 22.2. The zero-order chi connectivity index (χ0) is 33.2. The number of benzene rings is 1. The number of hydrogen-bond donors (Lipinski definition) is 6. The van der Waals surface area contributed by atoms with Crippen LogP contribution in [0.25, 0.3) is 0 Å². The van der Waals surface area contributed by atoms with E-state index >= 15 is 0 Å². The predicted octanol–water partition coefficient (Wildman–Crippen LogP) is 0.0682. The van der Waals surface area contributed by atoms with E-state index in [0.717, 1.165) is 28.7 Å². The van der Waals surface area contributed by atoms with Crippen LogP contribution in [-0.2, 0) is 13.1 Å². The van der Waals surface area contributed by atoms with Gasteiger partial charge in [0.25, 0.3) is 22.7 Å². The standard InChI is InChI=1S/C31H32N8O5.H4N2/c1-18-5-7-22(4-2-3-19(11-18)15-37-33)38-31(43)24-13-23(35-17-36-24)30(42)34-14-20-6-8-25-21(12-20)16-39(9-10-44-25)27-26(32)28(40)29(27)41;1-2/h2-4,6,8,11-13,15,17,22H,5,7,9-10,14,16,32-33H2,1H3,(H,34,42)(H,38,43);1-2H2/b4-2+,18-11+,19-3+,37-15+;. The second-order valence-electron chi connectivity index (χ2n) is 10.5. The number of nitrogens with two attached hydrogens (primary N) is 4. The molecular formula is C31H36N10O5. The molecule has 1 aliphatic heterocycles. The molecule has 2 heterocycles. The maximum absolute atomic E-state index is 13.0. The second-order valence-corrected chi connectivity index (χ2v) is 10.5.